The zero-order valence-corrected chi connectivity index (χ0v) is 10.8. The minimum atomic E-state index is -0.147. The highest BCUT2D eigenvalue weighted by atomic mass is 16.5. The second-order valence-corrected chi connectivity index (χ2v) is 5.71. The molecule has 0 saturated heterocycles. The van der Waals surface area contributed by atoms with Gasteiger partial charge in [0.15, 0.2) is 0 Å². The van der Waals surface area contributed by atoms with Crippen molar-refractivity contribution in [3.63, 3.8) is 0 Å². The SMILES string of the molecule is CCC(C)(N)COC1CCC(C)C(C)C1. The Balaban J connectivity index is 2.28. The van der Waals surface area contributed by atoms with E-state index in [1.807, 2.05) is 0 Å². The van der Waals surface area contributed by atoms with E-state index in [0.717, 1.165) is 18.3 Å². The fourth-order valence-electron chi connectivity index (χ4n) is 2.06. The van der Waals surface area contributed by atoms with E-state index in [1.54, 1.807) is 0 Å². The molecule has 4 atom stereocenters. The number of ether oxygens (including phenoxy) is 1. The molecule has 0 bridgehead atoms. The standard InChI is InChI=1S/C13H27NO/c1-5-13(4,14)9-15-12-7-6-10(2)11(3)8-12/h10-12H,5-9,14H2,1-4H3. The predicted molar refractivity (Wildman–Crippen MR) is 64.8 cm³/mol. The Morgan fingerprint density at radius 1 is 1.27 bits per heavy atom. The number of nitrogens with two attached hydrogens (primary N) is 1. The number of rotatable bonds is 4. The van der Waals surface area contributed by atoms with Crippen molar-refractivity contribution in [2.75, 3.05) is 6.61 Å². The van der Waals surface area contributed by atoms with Crippen LogP contribution in [0, 0.1) is 11.8 Å². The number of hydrogen-bond donors (Lipinski definition) is 1. The molecule has 1 rings (SSSR count). The van der Waals surface area contributed by atoms with Crippen molar-refractivity contribution in [2.45, 2.75) is 65.0 Å². The predicted octanol–water partition coefficient (Wildman–Crippen LogP) is 2.96. The van der Waals surface area contributed by atoms with E-state index in [0.29, 0.717) is 12.7 Å². The van der Waals surface area contributed by atoms with Gasteiger partial charge >= 0.3 is 0 Å². The van der Waals surface area contributed by atoms with Crippen molar-refractivity contribution in [2.24, 2.45) is 17.6 Å². The van der Waals surface area contributed by atoms with Crippen molar-refractivity contribution in [1.82, 2.24) is 0 Å². The van der Waals surface area contributed by atoms with Crippen molar-refractivity contribution in [3.8, 4) is 0 Å². The van der Waals surface area contributed by atoms with E-state index in [-0.39, 0.29) is 5.54 Å². The maximum atomic E-state index is 6.07. The second kappa shape index (κ2) is 5.31. The molecule has 0 heterocycles. The highest BCUT2D eigenvalue weighted by Gasteiger charge is 2.26. The van der Waals surface area contributed by atoms with Crippen LogP contribution in [0.25, 0.3) is 0 Å². The monoisotopic (exact) mass is 213 g/mol. The lowest BCUT2D eigenvalue weighted by Crippen LogP contribution is -2.42. The minimum Gasteiger partial charge on any atom is -0.376 e. The van der Waals surface area contributed by atoms with E-state index >= 15 is 0 Å². The summed E-state index contributed by atoms with van der Waals surface area (Å²) in [7, 11) is 0. The zero-order chi connectivity index (χ0) is 11.5. The first-order chi connectivity index (χ1) is 6.94. The molecule has 0 spiro atoms. The molecule has 1 saturated carbocycles. The van der Waals surface area contributed by atoms with Gasteiger partial charge in [-0.25, -0.2) is 0 Å². The molecule has 1 aliphatic carbocycles. The van der Waals surface area contributed by atoms with Gasteiger partial charge in [0.2, 0.25) is 0 Å². The van der Waals surface area contributed by atoms with Gasteiger partial charge in [0.25, 0.3) is 0 Å². The summed E-state index contributed by atoms with van der Waals surface area (Å²) in [6.45, 7) is 9.58. The van der Waals surface area contributed by atoms with Crippen molar-refractivity contribution in [3.05, 3.63) is 0 Å². The second-order valence-electron chi connectivity index (χ2n) is 5.71. The van der Waals surface area contributed by atoms with Gasteiger partial charge in [-0.15, -0.1) is 0 Å². The minimum absolute atomic E-state index is 0.147. The number of hydrogen-bond acceptors (Lipinski definition) is 2. The van der Waals surface area contributed by atoms with Crippen molar-refractivity contribution in [1.29, 1.82) is 0 Å². The van der Waals surface area contributed by atoms with Crippen LogP contribution in [0.1, 0.15) is 53.4 Å². The summed E-state index contributed by atoms with van der Waals surface area (Å²) in [5.74, 6) is 1.66. The third kappa shape index (κ3) is 4.12. The van der Waals surface area contributed by atoms with Gasteiger partial charge < -0.3 is 10.5 Å². The fourth-order valence-corrected chi connectivity index (χ4v) is 2.06. The molecule has 2 nitrogen and oxygen atoms in total. The summed E-state index contributed by atoms with van der Waals surface area (Å²) in [5, 5.41) is 0. The van der Waals surface area contributed by atoms with Crippen LogP contribution in [0.3, 0.4) is 0 Å². The first-order valence-electron chi connectivity index (χ1n) is 6.35. The molecule has 2 heteroatoms. The summed E-state index contributed by atoms with van der Waals surface area (Å²) in [4.78, 5) is 0. The van der Waals surface area contributed by atoms with Crippen molar-refractivity contribution < 1.29 is 4.74 Å². The van der Waals surface area contributed by atoms with Gasteiger partial charge in [0.1, 0.15) is 0 Å². The van der Waals surface area contributed by atoms with Crippen LogP contribution in [0.2, 0.25) is 0 Å². The molecule has 90 valence electrons. The highest BCUT2D eigenvalue weighted by molar-refractivity contribution is 4.79. The summed E-state index contributed by atoms with van der Waals surface area (Å²) < 4.78 is 5.93. The van der Waals surface area contributed by atoms with Gasteiger partial charge in [-0.1, -0.05) is 20.8 Å². The Morgan fingerprint density at radius 2 is 1.93 bits per heavy atom. The molecule has 0 aromatic rings. The van der Waals surface area contributed by atoms with E-state index in [1.165, 1.54) is 19.3 Å². The van der Waals surface area contributed by atoms with Gasteiger partial charge in [-0.05, 0) is 44.4 Å². The summed E-state index contributed by atoms with van der Waals surface area (Å²) in [6, 6.07) is 0. The zero-order valence-electron chi connectivity index (χ0n) is 10.8. The third-order valence-electron chi connectivity index (χ3n) is 4.01. The van der Waals surface area contributed by atoms with Crippen molar-refractivity contribution >= 4 is 0 Å². The molecule has 1 fully saturated rings. The Labute approximate surface area is 94.6 Å². The summed E-state index contributed by atoms with van der Waals surface area (Å²) in [6.07, 6.45) is 5.16. The smallest absolute Gasteiger partial charge is 0.0647 e. The van der Waals surface area contributed by atoms with Crippen LogP contribution < -0.4 is 5.73 Å². The quantitative estimate of drug-likeness (QED) is 0.779. The topological polar surface area (TPSA) is 35.2 Å². The van der Waals surface area contributed by atoms with E-state index in [2.05, 4.69) is 27.7 Å². The molecule has 4 unspecified atom stereocenters. The Hall–Kier alpha value is -0.0800. The lowest BCUT2D eigenvalue weighted by molar-refractivity contribution is -0.0181. The maximum Gasteiger partial charge on any atom is 0.0647 e. The van der Waals surface area contributed by atoms with Gasteiger partial charge in [0.05, 0.1) is 12.7 Å². The molecule has 0 aromatic carbocycles. The van der Waals surface area contributed by atoms with E-state index in [9.17, 15) is 0 Å². The molecule has 0 amide bonds. The summed E-state index contributed by atoms with van der Waals surface area (Å²) >= 11 is 0. The lowest BCUT2D eigenvalue weighted by Gasteiger charge is -2.34. The normalized spacial score (nSPS) is 36.2. The first-order valence-corrected chi connectivity index (χ1v) is 6.35. The highest BCUT2D eigenvalue weighted by Crippen LogP contribution is 2.31. The van der Waals surface area contributed by atoms with Crippen LogP contribution in [0.5, 0.6) is 0 Å². The first kappa shape index (κ1) is 13.0. The molecule has 2 N–H and O–H groups in total. The van der Waals surface area contributed by atoms with E-state index in [4.69, 9.17) is 10.5 Å². The van der Waals surface area contributed by atoms with Crippen LogP contribution in [0.15, 0.2) is 0 Å². The van der Waals surface area contributed by atoms with Gasteiger partial charge in [0, 0.05) is 5.54 Å². The van der Waals surface area contributed by atoms with Crippen LogP contribution in [0.4, 0.5) is 0 Å². The van der Waals surface area contributed by atoms with E-state index < -0.39 is 0 Å². The van der Waals surface area contributed by atoms with Gasteiger partial charge in [-0.2, -0.15) is 0 Å². The fraction of sp³-hybridized carbons (Fsp3) is 1.00. The molecular weight excluding hydrogens is 186 g/mol. The largest absolute Gasteiger partial charge is 0.376 e. The summed E-state index contributed by atoms with van der Waals surface area (Å²) in [5.41, 5.74) is 5.92. The Morgan fingerprint density at radius 3 is 2.47 bits per heavy atom. The molecule has 15 heavy (non-hydrogen) atoms. The molecule has 0 aromatic heterocycles. The average molecular weight is 213 g/mol. The average Bonchev–Trinajstić information content (AvgIpc) is 2.20. The molecule has 1 aliphatic rings. The van der Waals surface area contributed by atoms with Crippen LogP contribution >= 0.6 is 0 Å². The molecule has 0 aliphatic heterocycles. The maximum absolute atomic E-state index is 6.07. The van der Waals surface area contributed by atoms with Crippen LogP contribution in [-0.2, 0) is 4.74 Å². The van der Waals surface area contributed by atoms with Crippen LogP contribution in [-0.4, -0.2) is 18.2 Å². The Bertz CT molecular complexity index is 191. The molecular formula is C13H27NO. The lowest BCUT2D eigenvalue weighted by atomic mass is 9.80. The molecule has 0 radical (unpaired) electrons. The van der Waals surface area contributed by atoms with Gasteiger partial charge in [-0.3, -0.25) is 0 Å². The Kier molecular flexibility index (Phi) is 4.60. The third-order valence-corrected chi connectivity index (χ3v) is 4.01.